The maximum atomic E-state index is 12.3. The lowest BCUT2D eigenvalue weighted by Gasteiger charge is -2.32. The Morgan fingerprint density at radius 2 is 1.81 bits per heavy atom. The number of benzene rings is 1. The van der Waals surface area contributed by atoms with Crippen molar-refractivity contribution in [3.63, 3.8) is 0 Å². The summed E-state index contributed by atoms with van der Waals surface area (Å²) < 4.78 is 27.3. The van der Waals surface area contributed by atoms with E-state index in [2.05, 4.69) is 21.7 Å². The van der Waals surface area contributed by atoms with Gasteiger partial charge < -0.3 is 4.90 Å². The molecule has 1 aromatic heterocycles. The third kappa shape index (κ3) is 5.96. The summed E-state index contributed by atoms with van der Waals surface area (Å²) in [5.74, 6) is 1.000. The van der Waals surface area contributed by atoms with Crippen LogP contribution in [0.5, 0.6) is 0 Å². The molecule has 1 fully saturated rings. The molecule has 5 nitrogen and oxygen atoms in total. The molecule has 1 N–H and O–H groups in total. The minimum atomic E-state index is -3.36. The van der Waals surface area contributed by atoms with Gasteiger partial charge in [-0.3, -0.25) is 4.72 Å². The summed E-state index contributed by atoms with van der Waals surface area (Å²) in [6.07, 6.45) is 9.24. The molecule has 1 aromatic carbocycles. The smallest absolute Gasteiger partial charge is 0.232 e. The Morgan fingerprint density at radius 3 is 2.48 bits per heavy atom. The molecule has 0 atom stereocenters. The van der Waals surface area contributed by atoms with Gasteiger partial charge in [0.1, 0.15) is 5.82 Å². The Kier molecular flexibility index (Phi) is 6.72. The van der Waals surface area contributed by atoms with Crippen molar-refractivity contribution in [1.82, 2.24) is 4.98 Å². The van der Waals surface area contributed by atoms with Gasteiger partial charge in [0.2, 0.25) is 10.0 Å². The monoisotopic (exact) mass is 387 g/mol. The van der Waals surface area contributed by atoms with Gasteiger partial charge in [0.25, 0.3) is 0 Å². The molecule has 0 aliphatic heterocycles. The Morgan fingerprint density at radius 1 is 1.07 bits per heavy atom. The Labute approximate surface area is 162 Å². The van der Waals surface area contributed by atoms with Crippen molar-refractivity contribution < 1.29 is 8.42 Å². The molecule has 0 saturated heterocycles. The van der Waals surface area contributed by atoms with Crippen LogP contribution in [0.1, 0.15) is 44.1 Å². The highest BCUT2D eigenvalue weighted by Gasteiger charge is 2.19. The van der Waals surface area contributed by atoms with Crippen LogP contribution in [0.4, 0.5) is 11.5 Å². The largest absolute Gasteiger partial charge is 0.357 e. The molecule has 1 heterocycles. The van der Waals surface area contributed by atoms with Gasteiger partial charge in [-0.15, -0.1) is 0 Å². The number of pyridine rings is 1. The van der Waals surface area contributed by atoms with E-state index in [0.29, 0.717) is 18.2 Å². The van der Waals surface area contributed by atoms with Crippen LogP contribution in [0.2, 0.25) is 0 Å². The van der Waals surface area contributed by atoms with Crippen molar-refractivity contribution in [3.05, 3.63) is 54.2 Å². The Hall–Kier alpha value is -2.08. The van der Waals surface area contributed by atoms with Crippen LogP contribution in [0.3, 0.4) is 0 Å². The van der Waals surface area contributed by atoms with Crippen molar-refractivity contribution >= 4 is 21.5 Å². The predicted molar refractivity (Wildman–Crippen MR) is 112 cm³/mol. The summed E-state index contributed by atoms with van der Waals surface area (Å²) in [7, 11) is -1.29. The molecular formula is C21H29N3O2S. The third-order valence-corrected chi connectivity index (χ3v) is 6.60. The molecule has 6 heteroatoms. The number of nitrogens with one attached hydrogen (secondary N) is 1. The Bertz CT molecular complexity index is 801. The molecule has 0 amide bonds. The van der Waals surface area contributed by atoms with Gasteiger partial charge in [0, 0.05) is 13.1 Å². The maximum absolute atomic E-state index is 12.3. The third-order valence-electron chi connectivity index (χ3n) is 5.23. The van der Waals surface area contributed by atoms with Gasteiger partial charge >= 0.3 is 0 Å². The van der Waals surface area contributed by atoms with Gasteiger partial charge in [-0.2, -0.15) is 0 Å². The van der Waals surface area contributed by atoms with E-state index in [9.17, 15) is 8.42 Å². The SMILES string of the molecule is CN(c1ccc(NS(=O)(=O)CCCc2ccccc2)cn1)C1CCCCC1. The summed E-state index contributed by atoms with van der Waals surface area (Å²) in [4.78, 5) is 6.68. The van der Waals surface area contributed by atoms with Crippen molar-refractivity contribution in [1.29, 1.82) is 0 Å². The molecule has 1 saturated carbocycles. The van der Waals surface area contributed by atoms with Gasteiger partial charge in [-0.05, 0) is 43.4 Å². The van der Waals surface area contributed by atoms with Crippen LogP contribution in [0.15, 0.2) is 48.7 Å². The number of aryl methyl sites for hydroxylation is 1. The number of aromatic nitrogens is 1. The molecule has 0 bridgehead atoms. The molecular weight excluding hydrogens is 358 g/mol. The predicted octanol–water partition coefficient (Wildman–Crippen LogP) is 4.23. The first-order valence-corrected chi connectivity index (χ1v) is 11.4. The topological polar surface area (TPSA) is 62.3 Å². The van der Waals surface area contributed by atoms with Crippen molar-refractivity contribution in [2.75, 3.05) is 22.4 Å². The number of nitrogens with zero attached hydrogens (tertiary/aromatic N) is 2. The first-order chi connectivity index (χ1) is 13.0. The standard InChI is InChI=1S/C21H29N3O2S/c1-24(20-12-6-3-7-13-20)21-15-14-19(17-22-21)23-27(25,26)16-8-11-18-9-4-2-5-10-18/h2,4-5,9-10,14-15,17,20,23H,3,6-8,11-13,16H2,1H3. The fourth-order valence-electron chi connectivity index (χ4n) is 3.65. The average Bonchev–Trinajstić information content (AvgIpc) is 2.69. The van der Waals surface area contributed by atoms with E-state index in [-0.39, 0.29) is 5.75 Å². The highest BCUT2D eigenvalue weighted by molar-refractivity contribution is 7.92. The maximum Gasteiger partial charge on any atom is 0.232 e. The summed E-state index contributed by atoms with van der Waals surface area (Å²) in [5, 5.41) is 0. The van der Waals surface area contributed by atoms with E-state index in [1.807, 2.05) is 36.4 Å². The molecule has 0 radical (unpaired) electrons. The van der Waals surface area contributed by atoms with Crippen LogP contribution in [-0.4, -0.2) is 32.2 Å². The highest BCUT2D eigenvalue weighted by Crippen LogP contribution is 2.25. The van der Waals surface area contributed by atoms with Crippen LogP contribution >= 0.6 is 0 Å². The van der Waals surface area contributed by atoms with Crippen LogP contribution < -0.4 is 9.62 Å². The number of anilines is 2. The lowest BCUT2D eigenvalue weighted by Crippen LogP contribution is -2.33. The number of sulfonamides is 1. The minimum absolute atomic E-state index is 0.103. The van der Waals surface area contributed by atoms with Crippen molar-refractivity contribution in [2.24, 2.45) is 0 Å². The molecule has 3 rings (SSSR count). The zero-order valence-corrected chi connectivity index (χ0v) is 16.8. The van der Waals surface area contributed by atoms with Crippen LogP contribution in [0.25, 0.3) is 0 Å². The lowest BCUT2D eigenvalue weighted by atomic mass is 9.94. The number of hydrogen-bond acceptors (Lipinski definition) is 4. The van der Waals surface area contributed by atoms with E-state index in [4.69, 9.17) is 0 Å². The first-order valence-electron chi connectivity index (χ1n) is 9.77. The van der Waals surface area contributed by atoms with Crippen molar-refractivity contribution in [2.45, 2.75) is 51.0 Å². The number of rotatable bonds is 8. The summed E-state index contributed by atoms with van der Waals surface area (Å²) in [6.45, 7) is 0. The van der Waals surface area contributed by atoms with E-state index < -0.39 is 10.0 Å². The molecule has 1 aliphatic rings. The normalized spacial score (nSPS) is 15.4. The fourth-order valence-corrected chi connectivity index (χ4v) is 4.76. The van der Waals surface area contributed by atoms with Crippen molar-refractivity contribution in [3.8, 4) is 0 Å². The molecule has 27 heavy (non-hydrogen) atoms. The van der Waals surface area contributed by atoms with E-state index in [0.717, 1.165) is 17.8 Å². The second kappa shape index (κ2) is 9.22. The zero-order chi connectivity index (χ0) is 19.1. The molecule has 0 spiro atoms. The summed E-state index contributed by atoms with van der Waals surface area (Å²) >= 11 is 0. The van der Waals surface area contributed by atoms with Gasteiger partial charge in [0.05, 0.1) is 17.6 Å². The van der Waals surface area contributed by atoms with E-state index in [1.54, 1.807) is 12.3 Å². The van der Waals surface area contributed by atoms with Gasteiger partial charge in [-0.1, -0.05) is 49.6 Å². The van der Waals surface area contributed by atoms with Gasteiger partial charge in [-0.25, -0.2) is 13.4 Å². The van der Waals surface area contributed by atoms with E-state index >= 15 is 0 Å². The molecule has 0 unspecified atom stereocenters. The zero-order valence-electron chi connectivity index (χ0n) is 16.0. The average molecular weight is 388 g/mol. The second-order valence-corrected chi connectivity index (χ2v) is 9.16. The lowest BCUT2D eigenvalue weighted by molar-refractivity contribution is 0.426. The highest BCUT2D eigenvalue weighted by atomic mass is 32.2. The summed E-state index contributed by atoms with van der Waals surface area (Å²) in [6, 6.07) is 14.2. The Balaban J connectivity index is 1.52. The van der Waals surface area contributed by atoms with Crippen LogP contribution in [0, 0.1) is 0 Å². The summed E-state index contributed by atoms with van der Waals surface area (Å²) in [5.41, 5.74) is 1.68. The van der Waals surface area contributed by atoms with Gasteiger partial charge in [0.15, 0.2) is 0 Å². The van der Waals surface area contributed by atoms with Crippen LogP contribution in [-0.2, 0) is 16.4 Å². The molecule has 146 valence electrons. The molecule has 2 aromatic rings. The quantitative estimate of drug-likeness (QED) is 0.736. The second-order valence-electron chi connectivity index (χ2n) is 7.32. The number of hydrogen-bond donors (Lipinski definition) is 1. The fraction of sp³-hybridized carbons (Fsp3) is 0.476. The minimum Gasteiger partial charge on any atom is -0.357 e. The molecule has 1 aliphatic carbocycles. The van der Waals surface area contributed by atoms with E-state index in [1.165, 1.54) is 32.1 Å². The first kappa shape index (κ1) is 19.7.